The highest BCUT2D eigenvalue weighted by molar-refractivity contribution is 5.89. The van der Waals surface area contributed by atoms with Gasteiger partial charge in [-0.2, -0.15) is 0 Å². The average Bonchev–Trinajstić information content (AvgIpc) is 3.04. The van der Waals surface area contributed by atoms with Crippen LogP contribution in [-0.2, 0) is 14.4 Å². The molecule has 0 aromatic heterocycles. The molecule has 1 saturated heterocycles. The normalized spacial score (nSPS) is 23.4. The molecule has 6 heteroatoms. The summed E-state index contributed by atoms with van der Waals surface area (Å²) in [5.41, 5.74) is -0.757. The van der Waals surface area contributed by atoms with Crippen LogP contribution in [-0.4, -0.2) is 46.9 Å². The van der Waals surface area contributed by atoms with Crippen LogP contribution in [0.3, 0.4) is 0 Å². The molecule has 0 aromatic rings. The van der Waals surface area contributed by atoms with E-state index in [-0.39, 0.29) is 18.4 Å². The fraction of sp³-hybridized carbons (Fsp3) is 0.786. The Kier molecular flexibility index (Phi) is 4.30. The van der Waals surface area contributed by atoms with Crippen molar-refractivity contribution in [3.8, 4) is 0 Å². The largest absolute Gasteiger partial charge is 0.481 e. The van der Waals surface area contributed by atoms with Crippen molar-refractivity contribution in [2.24, 2.45) is 5.41 Å². The SMILES string of the molecule is CCCC(=O)N1CCCC1C(=O)NCC1(C(=O)O)CC1. The molecule has 20 heavy (non-hydrogen) atoms. The number of rotatable bonds is 6. The van der Waals surface area contributed by atoms with Gasteiger partial charge in [0.05, 0.1) is 5.41 Å². The highest BCUT2D eigenvalue weighted by atomic mass is 16.4. The fourth-order valence-electron chi connectivity index (χ4n) is 2.69. The van der Waals surface area contributed by atoms with Gasteiger partial charge in [-0.25, -0.2) is 0 Å². The van der Waals surface area contributed by atoms with Crippen LogP contribution in [0.4, 0.5) is 0 Å². The summed E-state index contributed by atoms with van der Waals surface area (Å²) in [4.78, 5) is 36.8. The maximum absolute atomic E-state index is 12.2. The molecule has 1 atom stereocenters. The Bertz CT molecular complexity index is 417. The Morgan fingerprint density at radius 3 is 2.60 bits per heavy atom. The monoisotopic (exact) mass is 282 g/mol. The molecule has 2 N–H and O–H groups in total. The van der Waals surface area contributed by atoms with Gasteiger partial charge in [0.15, 0.2) is 0 Å². The summed E-state index contributed by atoms with van der Waals surface area (Å²) < 4.78 is 0. The number of nitrogens with one attached hydrogen (secondary N) is 1. The molecule has 2 fully saturated rings. The molecule has 2 rings (SSSR count). The minimum atomic E-state index is -0.844. The van der Waals surface area contributed by atoms with Crippen molar-refractivity contribution in [2.45, 2.75) is 51.5 Å². The van der Waals surface area contributed by atoms with Crippen molar-refractivity contribution < 1.29 is 19.5 Å². The summed E-state index contributed by atoms with van der Waals surface area (Å²) in [7, 11) is 0. The molecule has 1 unspecified atom stereocenters. The molecule has 1 heterocycles. The van der Waals surface area contributed by atoms with Gasteiger partial charge in [0.25, 0.3) is 0 Å². The van der Waals surface area contributed by atoms with Crippen molar-refractivity contribution in [3.63, 3.8) is 0 Å². The predicted molar refractivity (Wildman–Crippen MR) is 72.0 cm³/mol. The van der Waals surface area contributed by atoms with E-state index < -0.39 is 17.4 Å². The highest BCUT2D eigenvalue weighted by Gasteiger charge is 2.50. The van der Waals surface area contributed by atoms with E-state index in [1.807, 2.05) is 6.92 Å². The molecular formula is C14H22N2O4. The summed E-state index contributed by atoms with van der Waals surface area (Å²) in [6.07, 6.45) is 3.96. The molecule has 0 radical (unpaired) electrons. The van der Waals surface area contributed by atoms with Crippen molar-refractivity contribution >= 4 is 17.8 Å². The second-order valence-electron chi connectivity index (χ2n) is 5.80. The summed E-state index contributed by atoms with van der Waals surface area (Å²) in [6.45, 7) is 2.74. The van der Waals surface area contributed by atoms with Crippen LogP contribution in [0.5, 0.6) is 0 Å². The number of carbonyl (C=O) groups excluding carboxylic acids is 2. The number of amides is 2. The van der Waals surface area contributed by atoms with Gasteiger partial charge in [-0.15, -0.1) is 0 Å². The Morgan fingerprint density at radius 2 is 2.05 bits per heavy atom. The maximum atomic E-state index is 12.2. The third kappa shape index (κ3) is 2.94. The number of nitrogens with zero attached hydrogens (tertiary/aromatic N) is 1. The highest BCUT2D eigenvalue weighted by Crippen LogP contribution is 2.45. The lowest BCUT2D eigenvalue weighted by atomic mass is 10.1. The minimum Gasteiger partial charge on any atom is -0.481 e. The molecule has 0 bridgehead atoms. The topological polar surface area (TPSA) is 86.7 Å². The van der Waals surface area contributed by atoms with Gasteiger partial charge >= 0.3 is 5.97 Å². The van der Waals surface area contributed by atoms with E-state index in [9.17, 15) is 14.4 Å². The van der Waals surface area contributed by atoms with Crippen molar-refractivity contribution in [1.82, 2.24) is 10.2 Å². The van der Waals surface area contributed by atoms with E-state index in [0.29, 0.717) is 32.2 Å². The molecule has 6 nitrogen and oxygen atoms in total. The molecular weight excluding hydrogens is 260 g/mol. The van der Waals surface area contributed by atoms with Crippen LogP contribution in [0.2, 0.25) is 0 Å². The van der Waals surface area contributed by atoms with Crippen molar-refractivity contribution in [2.75, 3.05) is 13.1 Å². The summed E-state index contributed by atoms with van der Waals surface area (Å²) >= 11 is 0. The van der Waals surface area contributed by atoms with Gasteiger partial charge in [0.1, 0.15) is 6.04 Å². The second kappa shape index (κ2) is 5.81. The summed E-state index contributed by atoms with van der Waals surface area (Å²) in [5.74, 6) is -1.04. The van der Waals surface area contributed by atoms with E-state index in [2.05, 4.69) is 5.32 Å². The van der Waals surface area contributed by atoms with Gasteiger partial charge in [-0.1, -0.05) is 6.92 Å². The lowest BCUT2D eigenvalue weighted by Gasteiger charge is -2.24. The first-order valence-corrected chi connectivity index (χ1v) is 7.31. The smallest absolute Gasteiger partial charge is 0.311 e. The van der Waals surface area contributed by atoms with E-state index in [4.69, 9.17) is 5.11 Å². The second-order valence-corrected chi connectivity index (χ2v) is 5.80. The van der Waals surface area contributed by atoms with E-state index in [0.717, 1.165) is 12.8 Å². The maximum Gasteiger partial charge on any atom is 0.311 e. The average molecular weight is 282 g/mol. The third-order valence-corrected chi connectivity index (χ3v) is 4.25. The number of hydrogen-bond acceptors (Lipinski definition) is 3. The van der Waals surface area contributed by atoms with E-state index >= 15 is 0 Å². The number of aliphatic carboxylic acids is 1. The number of likely N-dealkylation sites (tertiary alicyclic amines) is 1. The zero-order valence-corrected chi connectivity index (χ0v) is 11.9. The van der Waals surface area contributed by atoms with E-state index in [1.165, 1.54) is 0 Å². The summed E-state index contributed by atoms with van der Waals surface area (Å²) in [6, 6.07) is -0.418. The molecule has 0 aromatic carbocycles. The van der Waals surface area contributed by atoms with Crippen LogP contribution in [0, 0.1) is 5.41 Å². The molecule has 1 saturated carbocycles. The van der Waals surface area contributed by atoms with Crippen LogP contribution in [0.15, 0.2) is 0 Å². The fourth-order valence-corrected chi connectivity index (χ4v) is 2.69. The van der Waals surface area contributed by atoms with E-state index in [1.54, 1.807) is 4.90 Å². The van der Waals surface area contributed by atoms with Gasteiger partial charge in [0.2, 0.25) is 11.8 Å². The quantitative estimate of drug-likeness (QED) is 0.753. The Morgan fingerprint density at radius 1 is 1.35 bits per heavy atom. The molecule has 0 spiro atoms. The molecule has 1 aliphatic carbocycles. The molecule has 112 valence electrons. The van der Waals surface area contributed by atoms with Crippen molar-refractivity contribution in [3.05, 3.63) is 0 Å². The van der Waals surface area contributed by atoms with Gasteiger partial charge in [0, 0.05) is 19.5 Å². The van der Waals surface area contributed by atoms with Gasteiger partial charge < -0.3 is 15.3 Å². The Balaban J connectivity index is 1.88. The number of carboxylic acid groups (broad SMARTS) is 1. The van der Waals surface area contributed by atoms with Crippen LogP contribution >= 0.6 is 0 Å². The lowest BCUT2D eigenvalue weighted by molar-refractivity contribution is -0.144. The zero-order chi connectivity index (χ0) is 14.8. The number of hydrogen-bond donors (Lipinski definition) is 2. The zero-order valence-electron chi connectivity index (χ0n) is 11.9. The minimum absolute atomic E-state index is 0.0181. The van der Waals surface area contributed by atoms with Gasteiger partial charge in [-0.3, -0.25) is 14.4 Å². The standard InChI is InChI=1S/C14H22N2O4/c1-2-4-11(17)16-8-3-5-10(16)12(18)15-9-14(6-7-14)13(19)20/h10H,2-9H2,1H3,(H,15,18)(H,19,20). The summed E-state index contributed by atoms with van der Waals surface area (Å²) in [5, 5.41) is 11.8. The number of carboxylic acids is 1. The lowest BCUT2D eigenvalue weighted by Crippen LogP contribution is -2.47. The molecule has 2 amide bonds. The number of carbonyl (C=O) groups is 3. The Labute approximate surface area is 118 Å². The van der Waals surface area contributed by atoms with Gasteiger partial charge in [-0.05, 0) is 32.1 Å². The first-order valence-electron chi connectivity index (χ1n) is 7.31. The van der Waals surface area contributed by atoms with Crippen LogP contribution in [0.1, 0.15) is 45.4 Å². The third-order valence-electron chi connectivity index (χ3n) is 4.25. The van der Waals surface area contributed by atoms with Crippen molar-refractivity contribution in [1.29, 1.82) is 0 Å². The first kappa shape index (κ1) is 14.8. The predicted octanol–water partition coefficient (Wildman–Crippen LogP) is 0.758. The molecule has 2 aliphatic rings. The molecule has 1 aliphatic heterocycles. The Hall–Kier alpha value is -1.59. The van der Waals surface area contributed by atoms with Crippen LogP contribution < -0.4 is 5.32 Å². The first-order chi connectivity index (χ1) is 9.50. The van der Waals surface area contributed by atoms with Crippen LogP contribution in [0.25, 0.3) is 0 Å².